The van der Waals surface area contributed by atoms with Crippen LogP contribution in [0.5, 0.6) is 0 Å². The number of hydrogen-bond acceptors (Lipinski definition) is 2. The van der Waals surface area contributed by atoms with E-state index >= 15 is 0 Å². The van der Waals surface area contributed by atoms with Crippen molar-refractivity contribution in [3.63, 3.8) is 0 Å². The summed E-state index contributed by atoms with van der Waals surface area (Å²) in [6.07, 6.45) is 0. The molecule has 0 spiro atoms. The van der Waals surface area contributed by atoms with Crippen molar-refractivity contribution in [2.45, 2.75) is 26.7 Å². The lowest BCUT2D eigenvalue weighted by molar-refractivity contribution is 0.869. The highest BCUT2D eigenvalue weighted by molar-refractivity contribution is 7.80. The third-order valence-electron chi connectivity index (χ3n) is 2.96. The third kappa shape index (κ3) is 3.78. The van der Waals surface area contributed by atoms with Gasteiger partial charge >= 0.3 is 0 Å². The van der Waals surface area contributed by atoms with Gasteiger partial charge in [-0.1, -0.05) is 38.1 Å². The number of hydrogen-bond donors (Lipinski definition) is 2. The Hall–Kier alpha value is -1.94. The lowest BCUT2D eigenvalue weighted by atomic mass is 10.0. The van der Waals surface area contributed by atoms with Crippen LogP contribution in [0.4, 0.5) is 11.5 Å². The van der Waals surface area contributed by atoms with Crippen LogP contribution >= 0.6 is 12.2 Å². The molecule has 2 aromatic rings. The Morgan fingerprint density at radius 1 is 1.05 bits per heavy atom. The van der Waals surface area contributed by atoms with Gasteiger partial charge in [-0.3, -0.25) is 0 Å². The second-order valence-electron chi connectivity index (χ2n) is 4.99. The van der Waals surface area contributed by atoms with Gasteiger partial charge in [0.25, 0.3) is 0 Å². The second kappa shape index (κ2) is 6.48. The molecule has 0 bridgehead atoms. The summed E-state index contributed by atoms with van der Waals surface area (Å²) in [5.74, 6) is 1.20. The van der Waals surface area contributed by atoms with Gasteiger partial charge in [-0.05, 0) is 48.8 Å². The van der Waals surface area contributed by atoms with Gasteiger partial charge in [-0.25, -0.2) is 4.98 Å². The summed E-state index contributed by atoms with van der Waals surface area (Å²) in [4.78, 5) is 4.37. The molecule has 0 amide bonds. The quantitative estimate of drug-likeness (QED) is 0.823. The molecule has 0 fully saturated rings. The first-order valence-electron chi connectivity index (χ1n) is 6.67. The van der Waals surface area contributed by atoms with Crippen molar-refractivity contribution in [3.8, 4) is 0 Å². The van der Waals surface area contributed by atoms with E-state index in [-0.39, 0.29) is 0 Å². The summed E-state index contributed by atoms with van der Waals surface area (Å²) in [5.41, 5.74) is 3.24. The van der Waals surface area contributed by atoms with Gasteiger partial charge < -0.3 is 10.6 Å². The van der Waals surface area contributed by atoms with E-state index in [2.05, 4.69) is 35.5 Å². The number of aryl methyl sites for hydroxylation is 1. The summed E-state index contributed by atoms with van der Waals surface area (Å²) in [6.45, 7) is 6.29. The van der Waals surface area contributed by atoms with Crippen LogP contribution in [0.1, 0.15) is 31.0 Å². The van der Waals surface area contributed by atoms with Crippen molar-refractivity contribution < 1.29 is 0 Å². The van der Waals surface area contributed by atoms with Crippen LogP contribution in [0, 0.1) is 6.92 Å². The highest BCUT2D eigenvalue weighted by atomic mass is 32.1. The maximum Gasteiger partial charge on any atom is 0.176 e. The molecule has 0 aliphatic heterocycles. The largest absolute Gasteiger partial charge is 0.332 e. The van der Waals surface area contributed by atoms with E-state index < -0.39 is 0 Å². The monoisotopic (exact) mass is 285 g/mol. The Morgan fingerprint density at radius 2 is 1.80 bits per heavy atom. The third-order valence-corrected chi connectivity index (χ3v) is 3.17. The van der Waals surface area contributed by atoms with Crippen LogP contribution in [-0.4, -0.2) is 10.1 Å². The molecule has 20 heavy (non-hydrogen) atoms. The molecule has 0 saturated heterocycles. The van der Waals surface area contributed by atoms with Gasteiger partial charge in [0.15, 0.2) is 5.11 Å². The van der Waals surface area contributed by atoms with Gasteiger partial charge in [0.05, 0.1) is 0 Å². The minimum atomic E-state index is 0.443. The standard InChI is InChI=1S/C16H19N3S/c1-11(2)13-8-4-5-9-14(13)18-16(20)19-15-10-6-7-12(3)17-15/h4-11H,1-3H3,(H2,17,18,19,20). The minimum Gasteiger partial charge on any atom is -0.332 e. The fourth-order valence-electron chi connectivity index (χ4n) is 2.00. The van der Waals surface area contributed by atoms with Crippen molar-refractivity contribution in [3.05, 3.63) is 53.7 Å². The summed E-state index contributed by atoms with van der Waals surface area (Å²) in [5, 5.41) is 6.90. The van der Waals surface area contributed by atoms with Crippen LogP contribution in [0.15, 0.2) is 42.5 Å². The summed E-state index contributed by atoms with van der Waals surface area (Å²) < 4.78 is 0. The summed E-state index contributed by atoms with van der Waals surface area (Å²) in [6, 6.07) is 14.0. The Morgan fingerprint density at radius 3 is 2.50 bits per heavy atom. The maximum atomic E-state index is 5.35. The molecule has 2 rings (SSSR count). The van der Waals surface area contributed by atoms with Gasteiger partial charge in [0.2, 0.25) is 0 Å². The van der Waals surface area contributed by atoms with E-state index in [1.165, 1.54) is 5.56 Å². The molecule has 0 aliphatic rings. The number of nitrogens with one attached hydrogen (secondary N) is 2. The SMILES string of the molecule is Cc1cccc(NC(=S)Nc2ccccc2C(C)C)n1. The van der Waals surface area contributed by atoms with Crippen LogP contribution in [0.25, 0.3) is 0 Å². The molecule has 1 heterocycles. The van der Waals surface area contributed by atoms with E-state index in [1.807, 2.05) is 43.3 Å². The number of pyridine rings is 1. The van der Waals surface area contributed by atoms with Crippen LogP contribution < -0.4 is 10.6 Å². The van der Waals surface area contributed by atoms with Gasteiger partial charge in [-0.15, -0.1) is 0 Å². The molecule has 0 saturated carbocycles. The Bertz CT molecular complexity index is 608. The van der Waals surface area contributed by atoms with Crippen LogP contribution in [0.3, 0.4) is 0 Å². The van der Waals surface area contributed by atoms with Crippen LogP contribution in [-0.2, 0) is 0 Å². The number of para-hydroxylation sites is 1. The van der Waals surface area contributed by atoms with Crippen molar-refractivity contribution in [1.82, 2.24) is 4.98 Å². The van der Waals surface area contributed by atoms with Crippen molar-refractivity contribution in [1.29, 1.82) is 0 Å². The predicted octanol–water partition coefficient (Wildman–Crippen LogP) is 4.32. The molecule has 0 unspecified atom stereocenters. The number of nitrogens with zero attached hydrogens (tertiary/aromatic N) is 1. The maximum absolute atomic E-state index is 5.35. The first-order chi connectivity index (χ1) is 9.56. The zero-order chi connectivity index (χ0) is 14.5. The van der Waals surface area contributed by atoms with Crippen molar-refractivity contribution in [2.75, 3.05) is 10.6 Å². The first kappa shape index (κ1) is 14.5. The summed E-state index contributed by atoms with van der Waals surface area (Å²) in [7, 11) is 0. The average molecular weight is 285 g/mol. The Balaban J connectivity index is 2.09. The number of thiocarbonyl (C=S) groups is 1. The molecule has 0 atom stereocenters. The fourth-order valence-corrected chi connectivity index (χ4v) is 2.21. The van der Waals surface area contributed by atoms with Crippen molar-refractivity contribution >= 4 is 28.8 Å². The molecule has 104 valence electrons. The van der Waals surface area contributed by atoms with Crippen LogP contribution in [0.2, 0.25) is 0 Å². The number of anilines is 2. The molecular formula is C16H19N3S. The number of benzene rings is 1. The molecule has 1 aromatic heterocycles. The number of aromatic nitrogens is 1. The highest BCUT2D eigenvalue weighted by Gasteiger charge is 2.07. The second-order valence-corrected chi connectivity index (χ2v) is 5.39. The zero-order valence-electron chi connectivity index (χ0n) is 12.0. The number of rotatable bonds is 3. The molecular weight excluding hydrogens is 266 g/mol. The average Bonchev–Trinajstić information content (AvgIpc) is 2.38. The molecule has 2 N–H and O–H groups in total. The predicted molar refractivity (Wildman–Crippen MR) is 89.3 cm³/mol. The van der Waals surface area contributed by atoms with Gasteiger partial charge in [0, 0.05) is 11.4 Å². The normalized spacial score (nSPS) is 10.4. The van der Waals surface area contributed by atoms with Crippen molar-refractivity contribution in [2.24, 2.45) is 0 Å². The summed E-state index contributed by atoms with van der Waals surface area (Å²) >= 11 is 5.35. The smallest absolute Gasteiger partial charge is 0.176 e. The zero-order valence-corrected chi connectivity index (χ0v) is 12.8. The van der Waals surface area contributed by atoms with E-state index in [9.17, 15) is 0 Å². The molecule has 0 radical (unpaired) electrons. The molecule has 0 aliphatic carbocycles. The highest BCUT2D eigenvalue weighted by Crippen LogP contribution is 2.23. The Kier molecular flexibility index (Phi) is 4.69. The van der Waals surface area contributed by atoms with Gasteiger partial charge in [0.1, 0.15) is 5.82 Å². The fraction of sp³-hybridized carbons (Fsp3) is 0.250. The molecule has 1 aromatic carbocycles. The van der Waals surface area contributed by atoms with E-state index in [0.29, 0.717) is 11.0 Å². The van der Waals surface area contributed by atoms with E-state index in [4.69, 9.17) is 12.2 Å². The first-order valence-corrected chi connectivity index (χ1v) is 7.07. The topological polar surface area (TPSA) is 37.0 Å². The lowest BCUT2D eigenvalue weighted by Crippen LogP contribution is -2.20. The Labute approximate surface area is 125 Å². The lowest BCUT2D eigenvalue weighted by Gasteiger charge is -2.15. The van der Waals surface area contributed by atoms with E-state index in [0.717, 1.165) is 17.2 Å². The van der Waals surface area contributed by atoms with E-state index in [1.54, 1.807) is 0 Å². The molecule has 4 heteroatoms. The molecule has 3 nitrogen and oxygen atoms in total. The van der Waals surface area contributed by atoms with Gasteiger partial charge in [-0.2, -0.15) is 0 Å². The minimum absolute atomic E-state index is 0.443.